The molecule has 0 radical (unpaired) electrons. The maximum Gasteiger partial charge on any atom is 0.207 e. The van der Waals surface area contributed by atoms with Gasteiger partial charge in [-0.1, -0.05) is 17.3 Å². The zero-order valence-electron chi connectivity index (χ0n) is 5.57. The van der Waals surface area contributed by atoms with E-state index in [1.165, 1.54) is 13.2 Å². The summed E-state index contributed by atoms with van der Waals surface area (Å²) in [7, 11) is 1.41. The third-order valence-corrected chi connectivity index (χ3v) is 1.05. The fourth-order valence-electron chi connectivity index (χ4n) is 0.631. The van der Waals surface area contributed by atoms with Crippen LogP contribution in [0.2, 0.25) is 0 Å². The molecule has 0 saturated carbocycles. The fraction of sp³-hybridized carbons (Fsp3) is 0.143. The van der Waals surface area contributed by atoms with Crippen LogP contribution in [0.3, 0.4) is 0 Å². The monoisotopic (exact) mass is 137 g/mol. The van der Waals surface area contributed by atoms with Gasteiger partial charge >= 0.3 is 0 Å². The molecule has 1 aliphatic carbocycles. The van der Waals surface area contributed by atoms with E-state index in [-0.39, 0.29) is 5.78 Å². The van der Waals surface area contributed by atoms with E-state index in [0.29, 0.717) is 5.71 Å². The highest BCUT2D eigenvalue weighted by atomic mass is 16.6. The molecule has 1 aliphatic rings. The predicted molar refractivity (Wildman–Crippen MR) is 37.7 cm³/mol. The van der Waals surface area contributed by atoms with Crippen LogP contribution in [0.5, 0.6) is 0 Å². The normalized spacial score (nSPS) is 20.1. The average molecular weight is 137 g/mol. The Bertz CT molecular complexity index is 226. The van der Waals surface area contributed by atoms with Crippen LogP contribution in [-0.2, 0) is 9.63 Å². The van der Waals surface area contributed by atoms with Gasteiger partial charge in [0.05, 0.1) is 0 Å². The van der Waals surface area contributed by atoms with Crippen LogP contribution in [0.1, 0.15) is 0 Å². The first kappa shape index (κ1) is 6.74. The van der Waals surface area contributed by atoms with Crippen molar-refractivity contribution in [2.45, 2.75) is 0 Å². The van der Waals surface area contributed by atoms with Crippen molar-refractivity contribution in [3.8, 4) is 0 Å². The van der Waals surface area contributed by atoms with Gasteiger partial charge in [0.15, 0.2) is 0 Å². The lowest BCUT2D eigenvalue weighted by Gasteiger charge is -1.96. The molecule has 0 aromatic carbocycles. The highest BCUT2D eigenvalue weighted by molar-refractivity contribution is 6.48. The molecule has 0 aliphatic heterocycles. The molecule has 1 rings (SSSR count). The summed E-state index contributed by atoms with van der Waals surface area (Å²) in [5.41, 5.74) is 0.338. The van der Waals surface area contributed by atoms with Crippen molar-refractivity contribution in [1.82, 2.24) is 0 Å². The fourth-order valence-corrected chi connectivity index (χ4v) is 0.631. The molecule has 52 valence electrons. The molecule has 10 heavy (non-hydrogen) atoms. The Morgan fingerprint density at radius 1 is 1.40 bits per heavy atom. The summed E-state index contributed by atoms with van der Waals surface area (Å²) < 4.78 is 0. The van der Waals surface area contributed by atoms with Gasteiger partial charge in [0, 0.05) is 0 Å². The molecule has 0 N–H and O–H groups in total. The van der Waals surface area contributed by atoms with Crippen molar-refractivity contribution in [2.24, 2.45) is 5.16 Å². The maximum absolute atomic E-state index is 10.8. The van der Waals surface area contributed by atoms with Gasteiger partial charge in [-0.2, -0.15) is 0 Å². The summed E-state index contributed by atoms with van der Waals surface area (Å²) in [5, 5.41) is 3.49. The second-order valence-electron chi connectivity index (χ2n) is 1.74. The summed E-state index contributed by atoms with van der Waals surface area (Å²) in [6.45, 7) is 0. The summed E-state index contributed by atoms with van der Waals surface area (Å²) in [4.78, 5) is 15.3. The minimum Gasteiger partial charge on any atom is -0.399 e. The van der Waals surface area contributed by atoms with E-state index in [1.54, 1.807) is 18.2 Å². The highest BCUT2D eigenvalue weighted by Gasteiger charge is 2.06. The Labute approximate surface area is 58.7 Å². The van der Waals surface area contributed by atoms with Crippen molar-refractivity contribution >= 4 is 11.5 Å². The Morgan fingerprint density at radius 3 is 2.70 bits per heavy atom. The van der Waals surface area contributed by atoms with E-state index in [1.807, 2.05) is 0 Å². The van der Waals surface area contributed by atoms with E-state index < -0.39 is 0 Å². The van der Waals surface area contributed by atoms with Crippen LogP contribution >= 0.6 is 0 Å². The highest BCUT2D eigenvalue weighted by Crippen LogP contribution is 1.95. The first-order valence-electron chi connectivity index (χ1n) is 2.85. The van der Waals surface area contributed by atoms with Gasteiger partial charge in [-0.05, 0) is 12.2 Å². The predicted octanol–water partition coefficient (Wildman–Crippen LogP) is 0.684. The number of ketones is 1. The van der Waals surface area contributed by atoms with Crippen LogP contribution in [0, 0.1) is 0 Å². The van der Waals surface area contributed by atoms with Crippen LogP contribution in [0.25, 0.3) is 0 Å². The third-order valence-electron chi connectivity index (χ3n) is 1.05. The first-order chi connectivity index (χ1) is 4.84. The van der Waals surface area contributed by atoms with Crippen molar-refractivity contribution in [2.75, 3.05) is 7.11 Å². The van der Waals surface area contributed by atoms with Crippen molar-refractivity contribution in [1.29, 1.82) is 0 Å². The molecule has 0 saturated heterocycles. The topological polar surface area (TPSA) is 38.7 Å². The largest absolute Gasteiger partial charge is 0.399 e. The van der Waals surface area contributed by atoms with E-state index in [9.17, 15) is 4.79 Å². The van der Waals surface area contributed by atoms with E-state index in [2.05, 4.69) is 9.99 Å². The van der Waals surface area contributed by atoms with Crippen molar-refractivity contribution < 1.29 is 9.63 Å². The van der Waals surface area contributed by atoms with Crippen LogP contribution < -0.4 is 0 Å². The van der Waals surface area contributed by atoms with Gasteiger partial charge in [-0.25, -0.2) is 0 Å². The summed E-state index contributed by atoms with van der Waals surface area (Å²) in [6.07, 6.45) is 6.44. The van der Waals surface area contributed by atoms with Gasteiger partial charge in [0.1, 0.15) is 12.8 Å². The smallest absolute Gasteiger partial charge is 0.207 e. The average Bonchev–Trinajstić information content (AvgIpc) is 1.94. The maximum atomic E-state index is 10.8. The minimum absolute atomic E-state index is 0.121. The Balaban J connectivity index is 2.80. The summed E-state index contributed by atoms with van der Waals surface area (Å²) >= 11 is 0. The number of oxime groups is 1. The van der Waals surface area contributed by atoms with Crippen LogP contribution in [0.15, 0.2) is 29.5 Å². The molecule has 0 spiro atoms. The van der Waals surface area contributed by atoms with Crippen LogP contribution in [-0.4, -0.2) is 18.6 Å². The SMILES string of the molecule is CO/N=C1/C=CC=CC1=O. The van der Waals surface area contributed by atoms with E-state index in [0.717, 1.165) is 0 Å². The lowest BCUT2D eigenvalue weighted by Crippen LogP contribution is -2.10. The number of allylic oxidation sites excluding steroid dienone is 4. The molecule has 0 unspecified atom stereocenters. The lowest BCUT2D eigenvalue weighted by atomic mass is 10.1. The van der Waals surface area contributed by atoms with Crippen LogP contribution in [0.4, 0.5) is 0 Å². The number of hydrogen-bond acceptors (Lipinski definition) is 3. The first-order valence-corrected chi connectivity index (χ1v) is 2.85. The van der Waals surface area contributed by atoms with Gasteiger partial charge < -0.3 is 4.84 Å². The summed E-state index contributed by atoms with van der Waals surface area (Å²) in [5.74, 6) is -0.121. The third kappa shape index (κ3) is 1.31. The number of rotatable bonds is 1. The second kappa shape index (κ2) is 2.96. The van der Waals surface area contributed by atoms with E-state index >= 15 is 0 Å². The lowest BCUT2D eigenvalue weighted by molar-refractivity contribution is -0.109. The molecule has 0 fully saturated rings. The minimum atomic E-state index is -0.121. The van der Waals surface area contributed by atoms with Crippen molar-refractivity contribution in [3.05, 3.63) is 24.3 Å². The summed E-state index contributed by atoms with van der Waals surface area (Å²) in [6, 6.07) is 0. The van der Waals surface area contributed by atoms with Gasteiger partial charge in [0.25, 0.3) is 0 Å². The molecule has 0 atom stereocenters. The van der Waals surface area contributed by atoms with E-state index in [4.69, 9.17) is 0 Å². The van der Waals surface area contributed by atoms with Gasteiger partial charge in [0.2, 0.25) is 5.78 Å². The standard InChI is InChI=1S/C7H7NO2/c1-10-8-6-4-2-3-5-7(6)9/h2-5H,1H3/b8-6-. The van der Waals surface area contributed by atoms with Gasteiger partial charge in [-0.15, -0.1) is 0 Å². The number of carbonyl (C=O) groups is 1. The number of carbonyl (C=O) groups excluding carboxylic acids is 1. The molecule has 3 nitrogen and oxygen atoms in total. The Morgan fingerprint density at radius 2 is 2.10 bits per heavy atom. The second-order valence-corrected chi connectivity index (χ2v) is 1.74. The molecular weight excluding hydrogens is 130 g/mol. The van der Waals surface area contributed by atoms with Gasteiger partial charge in [-0.3, -0.25) is 4.79 Å². The Kier molecular flexibility index (Phi) is 1.99. The molecule has 3 heteroatoms. The number of nitrogens with zero attached hydrogens (tertiary/aromatic N) is 1. The molecule has 0 aromatic rings. The zero-order chi connectivity index (χ0) is 7.40. The quantitative estimate of drug-likeness (QED) is 0.394. The molecule has 0 bridgehead atoms. The zero-order valence-corrected chi connectivity index (χ0v) is 5.57. The Hall–Kier alpha value is -1.38. The molecule has 0 heterocycles. The molecule has 0 amide bonds. The van der Waals surface area contributed by atoms with Crippen molar-refractivity contribution in [3.63, 3.8) is 0 Å². The molecular formula is C7H7NO2. The molecule has 0 aromatic heterocycles. The number of hydrogen-bond donors (Lipinski definition) is 0.